The number of nitrogens with zero attached hydrogens (tertiary/aromatic N) is 3. The summed E-state index contributed by atoms with van der Waals surface area (Å²) in [6, 6.07) is 5.53. The third-order valence-corrected chi connectivity index (χ3v) is 2.15. The number of hydrogen-bond acceptors (Lipinski definition) is 4. The van der Waals surface area contributed by atoms with Crippen LogP contribution in [0, 0.1) is 11.3 Å². The Bertz CT molecular complexity index is 397. The third kappa shape index (κ3) is 4.05. The Morgan fingerprint density at radius 3 is 2.81 bits per heavy atom. The number of halogens is 1. The highest BCUT2D eigenvalue weighted by Gasteiger charge is 2.06. The van der Waals surface area contributed by atoms with Gasteiger partial charge in [0, 0.05) is 12.6 Å². The summed E-state index contributed by atoms with van der Waals surface area (Å²) in [6.45, 7) is 2.94. The Labute approximate surface area is 101 Å². The molecule has 0 bridgehead atoms. The van der Waals surface area contributed by atoms with E-state index in [1.54, 1.807) is 12.1 Å². The lowest BCUT2D eigenvalue weighted by Crippen LogP contribution is -2.29. The summed E-state index contributed by atoms with van der Waals surface area (Å²) in [7, 11) is 4.01. The highest BCUT2D eigenvalue weighted by molar-refractivity contribution is 6.29. The number of anilines is 1. The Balaban J connectivity index is 2.74. The van der Waals surface area contributed by atoms with E-state index in [9.17, 15) is 0 Å². The minimum atomic E-state index is 0.243. The quantitative estimate of drug-likeness (QED) is 0.815. The number of rotatable bonds is 4. The maximum absolute atomic E-state index is 8.79. The monoisotopic (exact) mass is 238 g/mol. The zero-order valence-electron chi connectivity index (χ0n) is 9.66. The van der Waals surface area contributed by atoms with E-state index in [2.05, 4.69) is 22.1 Å². The van der Waals surface area contributed by atoms with Crippen LogP contribution in [0.25, 0.3) is 0 Å². The first-order valence-electron chi connectivity index (χ1n) is 5.00. The lowest BCUT2D eigenvalue weighted by Gasteiger charge is -2.18. The maximum atomic E-state index is 8.79. The molecule has 0 aliphatic heterocycles. The molecule has 0 saturated carbocycles. The smallest absolute Gasteiger partial charge is 0.132 e. The van der Waals surface area contributed by atoms with Crippen molar-refractivity contribution in [3.63, 3.8) is 0 Å². The fraction of sp³-hybridized carbons (Fsp3) is 0.455. The molecule has 0 radical (unpaired) electrons. The molecule has 86 valence electrons. The second-order valence-electron chi connectivity index (χ2n) is 3.98. The Kier molecular flexibility index (Phi) is 4.53. The molecule has 4 nitrogen and oxygen atoms in total. The van der Waals surface area contributed by atoms with Crippen LogP contribution in [0.3, 0.4) is 0 Å². The number of likely N-dealkylation sites (N-methyl/N-ethyl adjacent to an activating group) is 1. The van der Waals surface area contributed by atoms with Gasteiger partial charge in [-0.1, -0.05) is 11.6 Å². The molecule has 0 aliphatic rings. The summed E-state index contributed by atoms with van der Waals surface area (Å²) >= 11 is 5.81. The van der Waals surface area contributed by atoms with Gasteiger partial charge in [0.2, 0.25) is 0 Å². The summed E-state index contributed by atoms with van der Waals surface area (Å²) in [4.78, 5) is 6.19. The maximum Gasteiger partial charge on any atom is 0.132 e. The van der Waals surface area contributed by atoms with Crippen LogP contribution in [0.1, 0.15) is 12.5 Å². The fourth-order valence-corrected chi connectivity index (χ4v) is 1.69. The van der Waals surface area contributed by atoms with Crippen LogP contribution in [0.4, 0.5) is 5.82 Å². The molecule has 0 fully saturated rings. The molecular weight excluding hydrogens is 224 g/mol. The molecule has 0 spiro atoms. The van der Waals surface area contributed by atoms with E-state index in [4.69, 9.17) is 16.9 Å². The molecule has 1 aromatic heterocycles. The van der Waals surface area contributed by atoms with Gasteiger partial charge in [-0.15, -0.1) is 0 Å². The molecule has 1 unspecified atom stereocenters. The van der Waals surface area contributed by atoms with E-state index in [0.717, 1.165) is 6.54 Å². The van der Waals surface area contributed by atoms with Crippen LogP contribution >= 0.6 is 11.6 Å². The third-order valence-electron chi connectivity index (χ3n) is 1.96. The van der Waals surface area contributed by atoms with E-state index in [1.165, 1.54) is 0 Å². The molecule has 1 heterocycles. The van der Waals surface area contributed by atoms with Crippen LogP contribution < -0.4 is 5.32 Å². The summed E-state index contributed by atoms with van der Waals surface area (Å²) < 4.78 is 0. The number of nitrogens with one attached hydrogen (secondary N) is 1. The van der Waals surface area contributed by atoms with E-state index in [0.29, 0.717) is 16.5 Å². The average molecular weight is 239 g/mol. The number of pyridine rings is 1. The zero-order chi connectivity index (χ0) is 12.1. The number of nitriles is 1. The molecule has 1 atom stereocenters. The highest BCUT2D eigenvalue weighted by atomic mass is 35.5. The van der Waals surface area contributed by atoms with E-state index in [1.807, 2.05) is 20.2 Å². The average Bonchev–Trinajstić information content (AvgIpc) is 2.14. The Morgan fingerprint density at radius 1 is 1.56 bits per heavy atom. The molecule has 16 heavy (non-hydrogen) atoms. The highest BCUT2D eigenvalue weighted by Crippen LogP contribution is 2.14. The molecule has 0 aliphatic carbocycles. The Hall–Kier alpha value is -1.31. The predicted octanol–water partition coefficient (Wildman–Crippen LogP) is 1.97. The van der Waals surface area contributed by atoms with Crippen LogP contribution in [0.2, 0.25) is 5.15 Å². The van der Waals surface area contributed by atoms with Crippen LogP contribution in [-0.2, 0) is 0 Å². The van der Waals surface area contributed by atoms with Gasteiger partial charge in [-0.25, -0.2) is 4.98 Å². The first kappa shape index (κ1) is 12.8. The number of hydrogen-bond donors (Lipinski definition) is 1. The van der Waals surface area contributed by atoms with Gasteiger partial charge >= 0.3 is 0 Å². The van der Waals surface area contributed by atoms with Crippen molar-refractivity contribution in [3.8, 4) is 6.07 Å². The standard InChI is InChI=1S/C11H15ClN4/c1-8(7-16(2)3)14-11-5-9(6-13)4-10(12)15-11/h4-5,8H,7H2,1-3H3,(H,14,15). The van der Waals surface area contributed by atoms with E-state index < -0.39 is 0 Å². The van der Waals surface area contributed by atoms with Gasteiger partial charge in [0.15, 0.2) is 0 Å². The molecule has 5 heteroatoms. The minimum Gasteiger partial charge on any atom is -0.366 e. The van der Waals surface area contributed by atoms with Gasteiger partial charge in [0.25, 0.3) is 0 Å². The zero-order valence-corrected chi connectivity index (χ0v) is 10.4. The minimum absolute atomic E-state index is 0.243. The predicted molar refractivity (Wildman–Crippen MR) is 65.6 cm³/mol. The van der Waals surface area contributed by atoms with Crippen molar-refractivity contribution in [2.75, 3.05) is 26.0 Å². The lowest BCUT2D eigenvalue weighted by atomic mass is 10.2. The van der Waals surface area contributed by atoms with Crippen LogP contribution in [0.15, 0.2) is 12.1 Å². The van der Waals surface area contributed by atoms with Crippen molar-refractivity contribution in [2.24, 2.45) is 0 Å². The van der Waals surface area contributed by atoms with Crippen molar-refractivity contribution in [2.45, 2.75) is 13.0 Å². The van der Waals surface area contributed by atoms with Gasteiger partial charge in [-0.2, -0.15) is 5.26 Å². The molecule has 0 aromatic carbocycles. The van der Waals surface area contributed by atoms with Crippen molar-refractivity contribution < 1.29 is 0 Å². The Morgan fingerprint density at radius 2 is 2.25 bits per heavy atom. The summed E-state index contributed by atoms with van der Waals surface area (Å²) in [5, 5.41) is 12.3. The molecular formula is C11H15ClN4. The molecule has 0 amide bonds. The van der Waals surface area contributed by atoms with Gasteiger partial charge in [-0.3, -0.25) is 0 Å². The van der Waals surface area contributed by atoms with Crippen molar-refractivity contribution >= 4 is 17.4 Å². The second kappa shape index (κ2) is 5.69. The number of aromatic nitrogens is 1. The van der Waals surface area contributed by atoms with E-state index in [-0.39, 0.29) is 6.04 Å². The topological polar surface area (TPSA) is 52.0 Å². The molecule has 1 rings (SSSR count). The van der Waals surface area contributed by atoms with Crippen LogP contribution in [0.5, 0.6) is 0 Å². The van der Waals surface area contributed by atoms with E-state index >= 15 is 0 Å². The largest absolute Gasteiger partial charge is 0.366 e. The van der Waals surface area contributed by atoms with Crippen LogP contribution in [-0.4, -0.2) is 36.6 Å². The molecule has 0 saturated heterocycles. The van der Waals surface area contributed by atoms with Crippen molar-refractivity contribution in [3.05, 3.63) is 22.8 Å². The first-order chi connectivity index (χ1) is 7.51. The second-order valence-corrected chi connectivity index (χ2v) is 4.37. The summed E-state index contributed by atoms with van der Waals surface area (Å²) in [6.07, 6.45) is 0. The van der Waals surface area contributed by atoms with Gasteiger partial charge in [-0.05, 0) is 33.2 Å². The molecule has 1 aromatic rings. The van der Waals surface area contributed by atoms with Crippen molar-refractivity contribution in [1.29, 1.82) is 5.26 Å². The fourth-order valence-electron chi connectivity index (χ4n) is 1.48. The molecule has 1 N–H and O–H groups in total. The lowest BCUT2D eigenvalue weighted by molar-refractivity contribution is 0.392. The summed E-state index contributed by atoms with van der Waals surface area (Å²) in [5.41, 5.74) is 0.513. The van der Waals surface area contributed by atoms with Gasteiger partial charge in [0.1, 0.15) is 11.0 Å². The normalized spacial score (nSPS) is 12.2. The van der Waals surface area contributed by atoms with Gasteiger partial charge in [0.05, 0.1) is 11.6 Å². The van der Waals surface area contributed by atoms with Gasteiger partial charge < -0.3 is 10.2 Å². The van der Waals surface area contributed by atoms with Crippen molar-refractivity contribution in [1.82, 2.24) is 9.88 Å². The summed E-state index contributed by atoms with van der Waals surface area (Å²) in [5.74, 6) is 0.637. The SMILES string of the molecule is CC(CN(C)C)Nc1cc(C#N)cc(Cl)n1. The first-order valence-corrected chi connectivity index (χ1v) is 5.38.